The Balaban J connectivity index is 1.25. The van der Waals surface area contributed by atoms with Crippen LogP contribution >= 0.6 is 0 Å². The molecule has 0 N–H and O–H groups in total. The van der Waals surface area contributed by atoms with Gasteiger partial charge in [0.15, 0.2) is 0 Å². The van der Waals surface area contributed by atoms with E-state index in [1.807, 2.05) is 77.6 Å². The fourth-order valence-electron chi connectivity index (χ4n) is 5.13. The summed E-state index contributed by atoms with van der Waals surface area (Å²) in [5.74, 6) is 0.336. The van der Waals surface area contributed by atoms with E-state index in [-0.39, 0.29) is 24.4 Å². The van der Waals surface area contributed by atoms with E-state index < -0.39 is 0 Å². The Bertz CT molecular complexity index is 1290. The number of nitrogens with zero attached hydrogens (tertiary/aromatic N) is 6. The number of para-hydroxylation sites is 1. The van der Waals surface area contributed by atoms with Crippen molar-refractivity contribution >= 4 is 11.8 Å². The summed E-state index contributed by atoms with van der Waals surface area (Å²) in [7, 11) is 1.90. The average molecular weight is 497 g/mol. The van der Waals surface area contributed by atoms with Gasteiger partial charge in [0.05, 0.1) is 17.4 Å². The summed E-state index contributed by atoms with van der Waals surface area (Å²) in [6, 6.07) is 22.0. The van der Waals surface area contributed by atoms with Crippen molar-refractivity contribution in [3.05, 3.63) is 103 Å². The molecule has 0 aliphatic carbocycles. The zero-order valence-electron chi connectivity index (χ0n) is 21.1. The molecule has 3 heterocycles. The molecule has 1 aliphatic heterocycles. The van der Waals surface area contributed by atoms with Gasteiger partial charge in [-0.15, -0.1) is 0 Å². The number of rotatable bonds is 8. The highest BCUT2D eigenvalue weighted by atomic mass is 16.2. The van der Waals surface area contributed by atoms with Crippen LogP contribution in [0.3, 0.4) is 0 Å². The Morgan fingerprint density at radius 1 is 0.973 bits per heavy atom. The van der Waals surface area contributed by atoms with Crippen LogP contribution in [0, 0.1) is 5.92 Å². The number of amides is 2. The van der Waals surface area contributed by atoms with Crippen molar-refractivity contribution in [3.63, 3.8) is 0 Å². The van der Waals surface area contributed by atoms with E-state index in [1.165, 1.54) is 5.56 Å². The molecule has 0 saturated carbocycles. The molecule has 5 rings (SSSR count). The second-order valence-corrected chi connectivity index (χ2v) is 9.60. The molecule has 190 valence electrons. The van der Waals surface area contributed by atoms with E-state index in [0.29, 0.717) is 24.6 Å². The second-order valence-electron chi connectivity index (χ2n) is 9.60. The van der Waals surface area contributed by atoms with E-state index >= 15 is 0 Å². The molecule has 1 fully saturated rings. The molecule has 0 bridgehead atoms. The van der Waals surface area contributed by atoms with E-state index in [1.54, 1.807) is 28.0 Å². The molecular formula is C29H32N6O2. The normalized spacial score (nSPS) is 14.9. The van der Waals surface area contributed by atoms with Gasteiger partial charge in [-0.05, 0) is 48.9 Å². The lowest BCUT2D eigenvalue weighted by Gasteiger charge is -2.40. The van der Waals surface area contributed by atoms with Crippen LogP contribution in [0.2, 0.25) is 0 Å². The van der Waals surface area contributed by atoms with Crippen molar-refractivity contribution in [1.82, 2.24) is 29.4 Å². The highest BCUT2D eigenvalue weighted by Crippen LogP contribution is 2.27. The lowest BCUT2D eigenvalue weighted by atomic mass is 9.84. The number of likely N-dealkylation sites (N-methyl/N-ethyl adjacent to an activating group) is 1. The predicted molar refractivity (Wildman–Crippen MR) is 141 cm³/mol. The summed E-state index contributed by atoms with van der Waals surface area (Å²) in [6.07, 6.45) is 9.40. The molecular weight excluding hydrogens is 464 g/mol. The molecule has 2 amide bonds. The molecule has 0 radical (unpaired) electrons. The van der Waals surface area contributed by atoms with Gasteiger partial charge in [-0.25, -0.2) is 4.68 Å². The second kappa shape index (κ2) is 11.2. The largest absolute Gasteiger partial charge is 0.341 e. The van der Waals surface area contributed by atoms with Gasteiger partial charge >= 0.3 is 0 Å². The molecule has 1 unspecified atom stereocenters. The summed E-state index contributed by atoms with van der Waals surface area (Å²) in [5.41, 5.74) is 2.72. The summed E-state index contributed by atoms with van der Waals surface area (Å²) in [4.78, 5) is 30.2. The molecule has 8 nitrogen and oxygen atoms in total. The molecule has 2 aromatic carbocycles. The number of hydrogen-bond acceptors (Lipinski definition) is 4. The molecule has 1 aliphatic rings. The average Bonchev–Trinajstić information content (AvgIpc) is 3.65. The highest BCUT2D eigenvalue weighted by molar-refractivity contribution is 5.93. The van der Waals surface area contributed by atoms with Gasteiger partial charge in [0.1, 0.15) is 6.54 Å². The minimum Gasteiger partial charge on any atom is -0.341 e. The van der Waals surface area contributed by atoms with Crippen LogP contribution in [-0.4, -0.2) is 67.4 Å². The Labute approximate surface area is 217 Å². The van der Waals surface area contributed by atoms with E-state index in [2.05, 4.69) is 22.3 Å². The maximum atomic E-state index is 13.2. The molecule has 8 heteroatoms. The monoisotopic (exact) mass is 496 g/mol. The Morgan fingerprint density at radius 2 is 1.68 bits per heavy atom. The van der Waals surface area contributed by atoms with E-state index in [0.717, 1.165) is 24.9 Å². The number of aromatic nitrogens is 4. The number of benzene rings is 2. The third-order valence-electron chi connectivity index (χ3n) is 7.26. The molecule has 1 atom stereocenters. The van der Waals surface area contributed by atoms with Gasteiger partial charge in [-0.1, -0.05) is 48.5 Å². The third-order valence-corrected chi connectivity index (χ3v) is 7.26. The van der Waals surface area contributed by atoms with E-state index in [4.69, 9.17) is 0 Å². The van der Waals surface area contributed by atoms with Crippen molar-refractivity contribution in [2.45, 2.75) is 31.8 Å². The van der Waals surface area contributed by atoms with Gasteiger partial charge in [-0.2, -0.15) is 10.2 Å². The lowest BCUT2D eigenvalue weighted by molar-refractivity contribution is -0.134. The fourth-order valence-corrected chi connectivity index (χ4v) is 5.13. The van der Waals surface area contributed by atoms with Crippen LogP contribution in [0.5, 0.6) is 0 Å². The molecule has 37 heavy (non-hydrogen) atoms. The topological polar surface area (TPSA) is 76.3 Å². The standard InChI is InChI=1S/C29H32N6O2/c1-32(28(36)22-34-16-8-15-30-34)27(19-23-9-4-2-5-10-23)24-13-17-33(18-14-24)29(37)25-20-31-35(21-25)26-11-6-3-7-12-26/h2-12,15-16,20-21,24,27H,13-14,17-19,22H2,1H3. The van der Waals surface area contributed by atoms with Gasteiger partial charge in [0, 0.05) is 44.8 Å². The van der Waals surface area contributed by atoms with Crippen LogP contribution in [0.25, 0.3) is 5.69 Å². The maximum absolute atomic E-state index is 13.2. The number of carbonyl (C=O) groups is 2. The van der Waals surface area contributed by atoms with Crippen molar-refractivity contribution in [2.75, 3.05) is 20.1 Å². The minimum absolute atomic E-state index is 0.00311. The van der Waals surface area contributed by atoms with Crippen LogP contribution in [0.15, 0.2) is 91.5 Å². The Morgan fingerprint density at radius 3 is 2.35 bits per heavy atom. The molecule has 0 spiro atoms. The minimum atomic E-state index is 0.00311. The Hall–Kier alpha value is -4.20. The number of hydrogen-bond donors (Lipinski definition) is 0. The van der Waals surface area contributed by atoms with Gasteiger partial charge in [0.2, 0.25) is 5.91 Å². The van der Waals surface area contributed by atoms with Gasteiger partial charge in [0.25, 0.3) is 5.91 Å². The van der Waals surface area contributed by atoms with Crippen LogP contribution < -0.4 is 0 Å². The summed E-state index contributed by atoms with van der Waals surface area (Å²) in [6.45, 7) is 1.54. The van der Waals surface area contributed by atoms with Crippen LogP contribution in [-0.2, 0) is 17.8 Å². The third kappa shape index (κ3) is 5.80. The van der Waals surface area contributed by atoms with Crippen molar-refractivity contribution in [2.24, 2.45) is 5.92 Å². The first-order valence-corrected chi connectivity index (χ1v) is 12.7. The van der Waals surface area contributed by atoms with Gasteiger partial charge < -0.3 is 9.80 Å². The quantitative estimate of drug-likeness (QED) is 0.373. The summed E-state index contributed by atoms with van der Waals surface area (Å²) in [5, 5.41) is 8.58. The first-order chi connectivity index (χ1) is 18.1. The molecule has 1 saturated heterocycles. The van der Waals surface area contributed by atoms with Crippen molar-refractivity contribution in [1.29, 1.82) is 0 Å². The summed E-state index contributed by atoms with van der Waals surface area (Å²) < 4.78 is 3.39. The molecule has 2 aromatic heterocycles. The van der Waals surface area contributed by atoms with Crippen molar-refractivity contribution < 1.29 is 9.59 Å². The van der Waals surface area contributed by atoms with Gasteiger partial charge in [-0.3, -0.25) is 14.3 Å². The fraction of sp³-hybridized carbons (Fsp3) is 0.310. The highest BCUT2D eigenvalue weighted by Gasteiger charge is 2.33. The molecule has 4 aromatic rings. The zero-order valence-corrected chi connectivity index (χ0v) is 21.1. The smallest absolute Gasteiger partial charge is 0.257 e. The summed E-state index contributed by atoms with van der Waals surface area (Å²) >= 11 is 0. The predicted octanol–water partition coefficient (Wildman–Crippen LogP) is 3.69. The van der Waals surface area contributed by atoms with E-state index in [9.17, 15) is 9.59 Å². The first-order valence-electron chi connectivity index (χ1n) is 12.7. The first kappa shape index (κ1) is 24.5. The number of carbonyl (C=O) groups excluding carboxylic acids is 2. The lowest BCUT2D eigenvalue weighted by Crippen LogP contribution is -2.49. The van der Waals surface area contributed by atoms with Crippen molar-refractivity contribution in [3.8, 4) is 5.69 Å². The van der Waals surface area contributed by atoms with Crippen LogP contribution in [0.4, 0.5) is 0 Å². The SMILES string of the molecule is CN(C(=O)Cn1cccn1)C(Cc1ccccc1)C1CCN(C(=O)c2cnn(-c3ccccc3)c2)CC1. The zero-order chi connectivity index (χ0) is 25.6. The number of likely N-dealkylation sites (tertiary alicyclic amines) is 1. The maximum Gasteiger partial charge on any atom is 0.257 e. The van der Waals surface area contributed by atoms with Crippen LogP contribution in [0.1, 0.15) is 28.8 Å². The Kier molecular flexibility index (Phi) is 7.44. The number of piperidine rings is 1.